The number of benzene rings is 2. The lowest BCUT2D eigenvalue weighted by atomic mass is 10.0. The van der Waals surface area contributed by atoms with E-state index in [2.05, 4.69) is 25.1 Å². The Morgan fingerprint density at radius 3 is 2.44 bits per heavy atom. The van der Waals surface area contributed by atoms with E-state index >= 15 is 0 Å². The van der Waals surface area contributed by atoms with E-state index in [0.717, 1.165) is 17.5 Å². The number of phenols is 1. The Bertz CT molecular complexity index is 533. The Balaban J connectivity index is 2.21. The summed E-state index contributed by atoms with van der Waals surface area (Å²) in [6, 6.07) is 15.9. The molecule has 1 heteroatoms. The van der Waals surface area contributed by atoms with Crippen LogP contribution in [0.4, 0.5) is 0 Å². The van der Waals surface area contributed by atoms with Crippen LogP contribution in [0.5, 0.6) is 5.75 Å². The third-order valence-corrected chi connectivity index (χ3v) is 3.23. The van der Waals surface area contributed by atoms with Gasteiger partial charge in [-0.15, -0.1) is 0 Å². The summed E-state index contributed by atoms with van der Waals surface area (Å²) in [4.78, 5) is 0. The third-order valence-electron chi connectivity index (χ3n) is 3.23. The van der Waals surface area contributed by atoms with Crippen molar-refractivity contribution in [3.63, 3.8) is 0 Å². The lowest BCUT2D eigenvalue weighted by Gasteiger charge is -2.07. The van der Waals surface area contributed by atoms with Crippen LogP contribution in [-0.2, 0) is 6.42 Å². The van der Waals surface area contributed by atoms with Crippen LogP contribution in [0.1, 0.15) is 23.6 Å². The van der Waals surface area contributed by atoms with Gasteiger partial charge in [0.05, 0.1) is 0 Å². The van der Waals surface area contributed by atoms with Crippen molar-refractivity contribution in [1.82, 2.24) is 0 Å². The Morgan fingerprint density at radius 2 is 1.78 bits per heavy atom. The van der Waals surface area contributed by atoms with E-state index in [0.29, 0.717) is 5.75 Å². The predicted octanol–water partition coefficient (Wildman–Crippen LogP) is 4.35. The molecule has 0 saturated carbocycles. The first-order valence-corrected chi connectivity index (χ1v) is 6.18. The van der Waals surface area contributed by atoms with Crippen LogP contribution in [0, 0.1) is 6.92 Å². The smallest absolute Gasteiger partial charge is 0.119 e. The molecule has 1 nitrogen and oxygen atoms in total. The molecular formula is C17H18O. The number of hydrogen-bond donors (Lipinski definition) is 1. The summed E-state index contributed by atoms with van der Waals surface area (Å²) in [7, 11) is 0. The summed E-state index contributed by atoms with van der Waals surface area (Å²) in [6.45, 7) is 4.13. The summed E-state index contributed by atoms with van der Waals surface area (Å²) in [6.07, 6.45) is 2.93. The lowest BCUT2D eigenvalue weighted by Crippen LogP contribution is -1.89. The summed E-state index contributed by atoms with van der Waals surface area (Å²) in [5.41, 5.74) is 4.60. The highest BCUT2D eigenvalue weighted by molar-refractivity contribution is 5.64. The van der Waals surface area contributed by atoms with Crippen LogP contribution in [0.15, 0.2) is 54.6 Å². The Hall–Kier alpha value is -2.02. The van der Waals surface area contributed by atoms with Gasteiger partial charge in [0.1, 0.15) is 5.75 Å². The van der Waals surface area contributed by atoms with Gasteiger partial charge in [0, 0.05) is 5.56 Å². The van der Waals surface area contributed by atoms with Crippen LogP contribution in [0.25, 0.3) is 5.57 Å². The van der Waals surface area contributed by atoms with E-state index in [1.165, 1.54) is 11.1 Å². The molecule has 2 rings (SSSR count). The van der Waals surface area contributed by atoms with E-state index in [1.807, 2.05) is 37.3 Å². The molecule has 2 aromatic rings. The van der Waals surface area contributed by atoms with Crippen LogP contribution < -0.4 is 0 Å². The molecule has 0 bridgehead atoms. The molecule has 0 aromatic heterocycles. The topological polar surface area (TPSA) is 20.2 Å². The maximum absolute atomic E-state index is 9.85. The highest BCUT2D eigenvalue weighted by atomic mass is 16.3. The van der Waals surface area contributed by atoms with Gasteiger partial charge in [-0.25, -0.2) is 0 Å². The molecule has 0 unspecified atom stereocenters. The number of hydrogen-bond acceptors (Lipinski definition) is 1. The normalized spacial score (nSPS) is 11.6. The number of aryl methyl sites for hydroxylation is 1. The van der Waals surface area contributed by atoms with Crippen molar-refractivity contribution in [2.24, 2.45) is 0 Å². The molecule has 0 atom stereocenters. The van der Waals surface area contributed by atoms with Gasteiger partial charge in [0.2, 0.25) is 0 Å². The van der Waals surface area contributed by atoms with Gasteiger partial charge < -0.3 is 5.11 Å². The molecule has 0 aliphatic heterocycles. The van der Waals surface area contributed by atoms with Crippen molar-refractivity contribution < 1.29 is 5.11 Å². The first kappa shape index (κ1) is 12.4. The Kier molecular flexibility index (Phi) is 3.83. The van der Waals surface area contributed by atoms with E-state index in [9.17, 15) is 5.11 Å². The Labute approximate surface area is 108 Å². The molecule has 0 radical (unpaired) electrons. The quantitative estimate of drug-likeness (QED) is 0.843. The van der Waals surface area contributed by atoms with Gasteiger partial charge in [-0.05, 0) is 43.0 Å². The van der Waals surface area contributed by atoms with E-state index in [1.54, 1.807) is 6.07 Å². The van der Waals surface area contributed by atoms with Gasteiger partial charge in [-0.1, -0.05) is 48.5 Å². The van der Waals surface area contributed by atoms with Gasteiger partial charge in [0.25, 0.3) is 0 Å². The second-order valence-electron chi connectivity index (χ2n) is 4.53. The maximum Gasteiger partial charge on any atom is 0.119 e. The van der Waals surface area contributed by atoms with Crippen LogP contribution in [0.3, 0.4) is 0 Å². The van der Waals surface area contributed by atoms with Crippen molar-refractivity contribution in [2.75, 3.05) is 0 Å². The summed E-state index contributed by atoms with van der Waals surface area (Å²) >= 11 is 0. The van der Waals surface area contributed by atoms with Crippen molar-refractivity contribution in [1.29, 1.82) is 0 Å². The molecule has 0 heterocycles. The van der Waals surface area contributed by atoms with E-state index < -0.39 is 0 Å². The predicted molar refractivity (Wildman–Crippen MR) is 76.6 cm³/mol. The molecule has 18 heavy (non-hydrogen) atoms. The van der Waals surface area contributed by atoms with Crippen LogP contribution in [-0.4, -0.2) is 5.11 Å². The highest BCUT2D eigenvalue weighted by Crippen LogP contribution is 2.23. The van der Waals surface area contributed by atoms with Crippen molar-refractivity contribution >= 4 is 5.57 Å². The van der Waals surface area contributed by atoms with E-state index in [-0.39, 0.29) is 0 Å². The fourth-order valence-corrected chi connectivity index (χ4v) is 2.03. The average Bonchev–Trinajstić information content (AvgIpc) is 2.39. The van der Waals surface area contributed by atoms with E-state index in [4.69, 9.17) is 0 Å². The molecule has 0 amide bonds. The zero-order valence-corrected chi connectivity index (χ0v) is 10.9. The van der Waals surface area contributed by atoms with Crippen LogP contribution >= 0.6 is 0 Å². The van der Waals surface area contributed by atoms with Crippen molar-refractivity contribution in [2.45, 2.75) is 20.3 Å². The summed E-state index contributed by atoms with van der Waals surface area (Å²) in [5.74, 6) is 0.382. The monoisotopic (exact) mass is 238 g/mol. The standard InChI is InChI=1S/C17H18O/c1-13(15-8-4-3-5-9-15)11-12-16-14(2)7-6-10-17(16)18/h3-11,18H,12H2,1-2H3/b13-11+. The minimum absolute atomic E-state index is 0.382. The molecule has 1 N–H and O–H groups in total. The maximum atomic E-state index is 9.85. The zero-order valence-electron chi connectivity index (χ0n) is 10.9. The first-order valence-electron chi connectivity index (χ1n) is 6.18. The average molecular weight is 238 g/mol. The van der Waals surface area contributed by atoms with Gasteiger partial charge >= 0.3 is 0 Å². The van der Waals surface area contributed by atoms with Crippen molar-refractivity contribution in [3.8, 4) is 5.75 Å². The largest absolute Gasteiger partial charge is 0.508 e. The molecule has 92 valence electrons. The number of rotatable bonds is 3. The van der Waals surface area contributed by atoms with Crippen molar-refractivity contribution in [3.05, 3.63) is 71.3 Å². The minimum Gasteiger partial charge on any atom is -0.508 e. The highest BCUT2D eigenvalue weighted by Gasteiger charge is 2.03. The fraction of sp³-hybridized carbons (Fsp3) is 0.176. The first-order chi connectivity index (χ1) is 8.68. The molecule has 2 aromatic carbocycles. The molecular weight excluding hydrogens is 220 g/mol. The number of aromatic hydroxyl groups is 1. The molecule has 0 aliphatic rings. The number of phenolic OH excluding ortho intramolecular Hbond substituents is 1. The lowest BCUT2D eigenvalue weighted by molar-refractivity contribution is 0.469. The zero-order chi connectivity index (χ0) is 13.0. The van der Waals surface area contributed by atoms with Gasteiger partial charge in [0.15, 0.2) is 0 Å². The SMILES string of the molecule is C/C(=C\Cc1c(C)cccc1O)c1ccccc1. The Morgan fingerprint density at radius 1 is 1.06 bits per heavy atom. The second-order valence-corrected chi connectivity index (χ2v) is 4.53. The fourth-order valence-electron chi connectivity index (χ4n) is 2.03. The summed E-state index contributed by atoms with van der Waals surface area (Å²) in [5, 5.41) is 9.85. The summed E-state index contributed by atoms with van der Waals surface area (Å²) < 4.78 is 0. The molecule has 0 fully saturated rings. The number of allylic oxidation sites excluding steroid dienone is 2. The van der Waals surface area contributed by atoms with Gasteiger partial charge in [-0.3, -0.25) is 0 Å². The molecule has 0 spiro atoms. The second kappa shape index (κ2) is 5.54. The van der Waals surface area contributed by atoms with Crippen LogP contribution in [0.2, 0.25) is 0 Å². The third kappa shape index (κ3) is 2.80. The molecule has 0 aliphatic carbocycles. The minimum atomic E-state index is 0.382. The van der Waals surface area contributed by atoms with Gasteiger partial charge in [-0.2, -0.15) is 0 Å². The molecule has 0 saturated heterocycles.